The minimum atomic E-state index is 0.934. The average Bonchev–Trinajstić information content (AvgIpc) is 3.16. The molecule has 0 aromatic rings. The van der Waals surface area contributed by atoms with Crippen LogP contribution in [0.2, 0.25) is 0 Å². The van der Waals surface area contributed by atoms with Crippen molar-refractivity contribution >= 4 is 0 Å². The lowest BCUT2D eigenvalue weighted by molar-refractivity contribution is 0.306. The number of hydrogen-bond acceptors (Lipinski definition) is 2. The van der Waals surface area contributed by atoms with Crippen molar-refractivity contribution in [1.29, 1.82) is 0 Å². The average molecular weight is 293 g/mol. The third-order valence-corrected chi connectivity index (χ3v) is 6.96. The molecule has 4 aliphatic rings. The molecule has 0 radical (unpaired) electrons. The van der Waals surface area contributed by atoms with E-state index in [1.165, 1.54) is 32.6 Å². The van der Waals surface area contributed by atoms with E-state index in [0.717, 1.165) is 47.3 Å². The van der Waals surface area contributed by atoms with Crippen molar-refractivity contribution in [2.24, 2.45) is 47.3 Å². The zero-order valence-electron chi connectivity index (χ0n) is 15.0. The standard InChI is InChI=1S/C10H19N.C9H17N/c1-4-7(2)10-8-5-11(3)6-9(8)10;1-6(2)9-7-4-10(3)5-8(7)9/h7-10H,4-6H2,1-3H3;6-9H,4-5H2,1-3H3/t7?,8-,9+,10?;7-,8+,9?. The van der Waals surface area contributed by atoms with Gasteiger partial charge in [0.1, 0.15) is 0 Å². The Hall–Kier alpha value is -0.0800. The van der Waals surface area contributed by atoms with Crippen LogP contribution in [0.1, 0.15) is 34.1 Å². The van der Waals surface area contributed by atoms with Crippen molar-refractivity contribution in [2.75, 3.05) is 40.3 Å². The van der Waals surface area contributed by atoms with Crippen LogP contribution in [0.25, 0.3) is 0 Å². The van der Waals surface area contributed by atoms with Crippen LogP contribution < -0.4 is 0 Å². The molecule has 2 saturated heterocycles. The van der Waals surface area contributed by atoms with Gasteiger partial charge in [-0.25, -0.2) is 0 Å². The molecular weight excluding hydrogens is 256 g/mol. The summed E-state index contributed by atoms with van der Waals surface area (Å²) in [4.78, 5) is 4.95. The third-order valence-electron chi connectivity index (χ3n) is 6.96. The van der Waals surface area contributed by atoms with Crippen molar-refractivity contribution in [1.82, 2.24) is 9.80 Å². The van der Waals surface area contributed by atoms with Gasteiger partial charge in [0.15, 0.2) is 0 Å². The lowest BCUT2D eigenvalue weighted by Gasteiger charge is -2.16. The van der Waals surface area contributed by atoms with E-state index in [1.54, 1.807) is 0 Å². The van der Waals surface area contributed by atoms with E-state index >= 15 is 0 Å². The second kappa shape index (κ2) is 5.85. The van der Waals surface area contributed by atoms with Crippen molar-refractivity contribution in [3.05, 3.63) is 0 Å². The summed E-state index contributed by atoms with van der Waals surface area (Å²) in [5.41, 5.74) is 0. The molecule has 3 unspecified atom stereocenters. The Labute approximate surface area is 132 Å². The fraction of sp³-hybridized carbons (Fsp3) is 1.00. The molecule has 2 saturated carbocycles. The lowest BCUT2D eigenvalue weighted by Crippen LogP contribution is -2.20. The second-order valence-corrected chi connectivity index (χ2v) is 8.88. The highest BCUT2D eigenvalue weighted by Gasteiger charge is 2.56. The third kappa shape index (κ3) is 3.03. The van der Waals surface area contributed by atoms with Gasteiger partial charge in [-0.15, -0.1) is 0 Å². The molecule has 4 rings (SSSR count). The number of rotatable bonds is 3. The Balaban J connectivity index is 0.000000126. The highest BCUT2D eigenvalue weighted by Crippen LogP contribution is 2.56. The van der Waals surface area contributed by atoms with Crippen molar-refractivity contribution in [3.63, 3.8) is 0 Å². The first-order chi connectivity index (χ1) is 9.93. The minimum Gasteiger partial charge on any atom is -0.306 e. The van der Waals surface area contributed by atoms with Crippen molar-refractivity contribution < 1.29 is 0 Å². The Morgan fingerprint density at radius 1 is 0.762 bits per heavy atom. The van der Waals surface area contributed by atoms with Crippen molar-refractivity contribution in [3.8, 4) is 0 Å². The van der Waals surface area contributed by atoms with Crippen molar-refractivity contribution in [2.45, 2.75) is 34.1 Å². The summed E-state index contributed by atoms with van der Waals surface area (Å²) in [5.74, 6) is 8.40. The Bertz CT molecular complexity index is 343. The van der Waals surface area contributed by atoms with Gasteiger partial charge < -0.3 is 9.80 Å². The fourth-order valence-electron chi connectivity index (χ4n) is 5.67. The van der Waals surface area contributed by atoms with E-state index in [9.17, 15) is 0 Å². The number of likely N-dealkylation sites (tertiary alicyclic amines) is 2. The summed E-state index contributed by atoms with van der Waals surface area (Å²) in [6.07, 6.45) is 1.38. The summed E-state index contributed by atoms with van der Waals surface area (Å²) in [5, 5.41) is 0. The minimum absolute atomic E-state index is 0.934. The highest BCUT2D eigenvalue weighted by atomic mass is 15.2. The zero-order chi connectivity index (χ0) is 15.3. The van der Waals surface area contributed by atoms with E-state index in [2.05, 4.69) is 51.6 Å². The maximum absolute atomic E-state index is 2.48. The molecule has 2 heteroatoms. The topological polar surface area (TPSA) is 6.48 Å². The first-order valence-corrected chi connectivity index (χ1v) is 9.31. The van der Waals surface area contributed by atoms with Crippen LogP contribution in [0.15, 0.2) is 0 Å². The Morgan fingerprint density at radius 3 is 1.48 bits per heavy atom. The van der Waals surface area contributed by atoms with E-state index in [4.69, 9.17) is 0 Å². The van der Waals surface area contributed by atoms with E-state index < -0.39 is 0 Å². The first kappa shape index (κ1) is 15.8. The van der Waals surface area contributed by atoms with Gasteiger partial charge in [0, 0.05) is 26.2 Å². The monoisotopic (exact) mass is 292 g/mol. The highest BCUT2D eigenvalue weighted by molar-refractivity contribution is 5.06. The molecule has 21 heavy (non-hydrogen) atoms. The van der Waals surface area contributed by atoms with Crippen LogP contribution in [-0.2, 0) is 0 Å². The number of nitrogens with zero attached hydrogens (tertiary/aromatic N) is 2. The van der Waals surface area contributed by atoms with Gasteiger partial charge in [-0.05, 0) is 61.4 Å². The molecule has 122 valence electrons. The molecule has 0 bridgehead atoms. The molecule has 4 fully saturated rings. The molecular formula is C19H36N2. The molecule has 2 heterocycles. The molecule has 2 nitrogen and oxygen atoms in total. The molecule has 0 spiro atoms. The van der Waals surface area contributed by atoms with Crippen LogP contribution in [-0.4, -0.2) is 50.1 Å². The largest absolute Gasteiger partial charge is 0.306 e. The smallest absolute Gasteiger partial charge is 0.00128 e. The van der Waals surface area contributed by atoms with Crippen LogP contribution in [0.5, 0.6) is 0 Å². The quantitative estimate of drug-likeness (QED) is 0.787. The number of hydrogen-bond donors (Lipinski definition) is 0. The van der Waals surface area contributed by atoms with Crippen LogP contribution in [0.3, 0.4) is 0 Å². The molecule has 0 amide bonds. The molecule has 0 N–H and O–H groups in total. The number of fused-ring (bicyclic) bond motifs is 2. The molecule has 0 aromatic carbocycles. The number of piperidine rings is 2. The first-order valence-electron chi connectivity index (χ1n) is 9.31. The summed E-state index contributed by atoms with van der Waals surface area (Å²) < 4.78 is 0. The molecule has 7 atom stereocenters. The van der Waals surface area contributed by atoms with Crippen LogP contribution in [0, 0.1) is 47.3 Å². The summed E-state index contributed by atoms with van der Waals surface area (Å²) in [6, 6.07) is 0. The van der Waals surface area contributed by atoms with Gasteiger partial charge in [-0.1, -0.05) is 34.1 Å². The van der Waals surface area contributed by atoms with Gasteiger partial charge in [0.05, 0.1) is 0 Å². The zero-order valence-corrected chi connectivity index (χ0v) is 15.0. The van der Waals surface area contributed by atoms with Gasteiger partial charge in [0.25, 0.3) is 0 Å². The van der Waals surface area contributed by atoms with E-state index in [1.807, 2.05) is 0 Å². The van der Waals surface area contributed by atoms with E-state index in [-0.39, 0.29) is 0 Å². The summed E-state index contributed by atoms with van der Waals surface area (Å²) in [6.45, 7) is 15.0. The predicted octanol–water partition coefficient (Wildman–Crippen LogP) is 3.29. The summed E-state index contributed by atoms with van der Waals surface area (Å²) in [7, 11) is 4.49. The second-order valence-electron chi connectivity index (χ2n) is 8.88. The van der Waals surface area contributed by atoms with Gasteiger partial charge >= 0.3 is 0 Å². The normalized spacial score (nSPS) is 45.9. The predicted molar refractivity (Wildman–Crippen MR) is 90.2 cm³/mol. The molecule has 2 aliphatic heterocycles. The molecule has 2 aliphatic carbocycles. The summed E-state index contributed by atoms with van der Waals surface area (Å²) >= 11 is 0. The van der Waals surface area contributed by atoms with E-state index in [0.29, 0.717) is 0 Å². The SMILES string of the molecule is CC(C)C1[C@H]2CN(C)C[C@@H]12.CCC(C)C1[C@H]2CN(C)C[C@@H]12. The van der Waals surface area contributed by atoms with Gasteiger partial charge in [-0.2, -0.15) is 0 Å². The maximum atomic E-state index is 2.48. The van der Waals surface area contributed by atoms with Gasteiger partial charge in [0.2, 0.25) is 0 Å². The Morgan fingerprint density at radius 2 is 1.14 bits per heavy atom. The fourth-order valence-corrected chi connectivity index (χ4v) is 5.67. The Kier molecular flexibility index (Phi) is 4.40. The van der Waals surface area contributed by atoms with Crippen LogP contribution in [0.4, 0.5) is 0 Å². The lowest BCUT2D eigenvalue weighted by atomic mass is 10.00. The van der Waals surface area contributed by atoms with Gasteiger partial charge in [-0.3, -0.25) is 0 Å². The maximum Gasteiger partial charge on any atom is 0.00128 e. The van der Waals surface area contributed by atoms with Crippen LogP contribution >= 0.6 is 0 Å². The molecule has 0 aromatic heterocycles.